The normalized spacial score (nSPS) is 13.3. The molecule has 0 aromatic rings. The molecule has 2 N–H and O–H groups in total. The molecule has 0 heterocycles. The molecule has 0 aromatic carbocycles. The third kappa shape index (κ3) is 31.8. The lowest BCUT2D eigenvalue weighted by atomic mass is 10.0. The van der Waals surface area contributed by atoms with Crippen molar-refractivity contribution in [1.29, 1.82) is 0 Å². The Bertz CT molecular complexity index is 566. The molecule has 0 bridgehead atoms. The fourth-order valence-corrected chi connectivity index (χ4v) is 4.39. The van der Waals surface area contributed by atoms with Crippen LogP contribution in [0.1, 0.15) is 103 Å². The topological polar surface area (TPSA) is 127 Å². The van der Waals surface area contributed by atoms with E-state index in [9.17, 15) is 17.8 Å². The summed E-state index contributed by atoms with van der Waals surface area (Å²) in [7, 11) is -5.89. The van der Waals surface area contributed by atoms with Crippen molar-refractivity contribution in [3.8, 4) is 0 Å². The van der Waals surface area contributed by atoms with Gasteiger partial charge in [0.05, 0.1) is 20.1 Å². The quantitative estimate of drug-likeness (QED) is 0.116. The molecule has 0 fully saturated rings. The van der Waals surface area contributed by atoms with E-state index in [0.29, 0.717) is 6.16 Å². The molecule has 0 radical (unpaired) electrons. The number of unbranched alkanes of at least 4 members (excludes halogenated alkanes) is 13. The lowest BCUT2D eigenvalue weighted by molar-refractivity contribution is -0.137. The Kier molecular flexibility index (Phi) is 22.6. The van der Waals surface area contributed by atoms with Gasteiger partial charge < -0.3 is 9.63 Å². The first-order chi connectivity index (χ1) is 14.5. The van der Waals surface area contributed by atoms with Gasteiger partial charge in [0.1, 0.15) is 0 Å². The molecular formula is C21H45O8PS. The maximum Gasteiger partial charge on any atom is 0.397 e. The molecule has 0 rings (SSSR count). The van der Waals surface area contributed by atoms with Gasteiger partial charge in [-0.2, -0.15) is 8.42 Å². The second kappa shape index (κ2) is 21.4. The second-order valence-corrected chi connectivity index (χ2v) is 11.8. The first-order valence-corrected chi connectivity index (χ1v) is 15.1. The molecule has 8 nitrogen and oxygen atoms in total. The summed E-state index contributed by atoms with van der Waals surface area (Å²) in [4.78, 5) is 10.4. The van der Waals surface area contributed by atoms with Gasteiger partial charge in [-0.15, -0.1) is 0 Å². The zero-order valence-electron chi connectivity index (χ0n) is 19.7. The summed E-state index contributed by atoms with van der Waals surface area (Å²) in [5, 5.41) is 8.55. The van der Waals surface area contributed by atoms with Gasteiger partial charge in [-0.1, -0.05) is 90.4 Å². The summed E-state index contributed by atoms with van der Waals surface area (Å²) in [5.41, 5.74) is 0. The lowest BCUT2D eigenvalue weighted by Gasteiger charge is -2.13. The molecule has 1 unspecified atom stereocenters. The summed E-state index contributed by atoms with van der Waals surface area (Å²) in [6.45, 7) is 3.94. The number of rotatable bonds is 20. The molecule has 10 heteroatoms. The van der Waals surface area contributed by atoms with Crippen LogP contribution in [-0.4, -0.2) is 50.6 Å². The monoisotopic (exact) mass is 488 g/mol. The number of carboxylic acid groups (broad SMARTS) is 1. The third-order valence-electron chi connectivity index (χ3n) is 4.81. The summed E-state index contributed by atoms with van der Waals surface area (Å²) < 4.78 is 47.0. The number of hydrogen-bond donors (Lipinski definition) is 2. The highest BCUT2D eigenvalue weighted by Gasteiger charge is 2.15. The average Bonchev–Trinajstić information content (AvgIpc) is 2.67. The number of aliphatic carboxylic acids is 1. The number of carboxylic acids is 1. The van der Waals surface area contributed by atoms with Crippen LogP contribution in [0.25, 0.3) is 0 Å². The minimum atomic E-state index is -4.16. The molecule has 31 heavy (non-hydrogen) atoms. The van der Waals surface area contributed by atoms with Gasteiger partial charge >= 0.3 is 16.4 Å². The fourth-order valence-electron chi connectivity index (χ4n) is 2.98. The van der Waals surface area contributed by atoms with E-state index in [0.717, 1.165) is 20.0 Å². The predicted molar refractivity (Wildman–Crippen MR) is 125 cm³/mol. The van der Waals surface area contributed by atoms with Crippen molar-refractivity contribution in [2.24, 2.45) is 0 Å². The smallest absolute Gasteiger partial charge is 0.397 e. The van der Waals surface area contributed by atoms with E-state index in [2.05, 4.69) is 11.1 Å². The van der Waals surface area contributed by atoms with Crippen molar-refractivity contribution < 1.29 is 36.1 Å². The Balaban J connectivity index is 0. The van der Waals surface area contributed by atoms with Crippen LogP contribution in [0.4, 0.5) is 0 Å². The van der Waals surface area contributed by atoms with Crippen LogP contribution in [0.3, 0.4) is 0 Å². The molecule has 0 aliphatic carbocycles. The van der Waals surface area contributed by atoms with Crippen LogP contribution in [0.5, 0.6) is 0 Å². The molecule has 0 aliphatic rings. The van der Waals surface area contributed by atoms with Crippen LogP contribution in [0, 0.1) is 0 Å². The first kappa shape index (κ1) is 32.7. The summed E-state index contributed by atoms with van der Waals surface area (Å²) in [6, 6.07) is 0. The lowest BCUT2D eigenvalue weighted by Crippen LogP contribution is -2.02. The maximum absolute atomic E-state index is 12.1. The van der Waals surface area contributed by atoms with Gasteiger partial charge in [-0.05, 0) is 6.42 Å². The van der Waals surface area contributed by atoms with Crippen molar-refractivity contribution in [3.05, 3.63) is 0 Å². The molecule has 1 atom stereocenters. The molecule has 188 valence electrons. The van der Waals surface area contributed by atoms with Crippen molar-refractivity contribution in [3.63, 3.8) is 0 Å². The van der Waals surface area contributed by atoms with Crippen LogP contribution < -0.4 is 0 Å². The summed E-state index contributed by atoms with van der Waals surface area (Å²) >= 11 is 0. The van der Waals surface area contributed by atoms with Gasteiger partial charge in [0.25, 0.3) is 0 Å². The molecule has 0 amide bonds. The first-order valence-electron chi connectivity index (χ1n) is 11.5. The average molecular weight is 489 g/mol. The summed E-state index contributed by atoms with van der Waals surface area (Å²) in [5.74, 6) is -0.906. The van der Waals surface area contributed by atoms with Crippen LogP contribution >= 0.6 is 7.37 Å². The van der Waals surface area contributed by atoms with E-state index >= 15 is 0 Å². The highest BCUT2D eigenvalue weighted by molar-refractivity contribution is 7.80. The van der Waals surface area contributed by atoms with Crippen LogP contribution in [-0.2, 0) is 28.5 Å². The molecule has 0 spiro atoms. The van der Waals surface area contributed by atoms with Crippen LogP contribution in [0.15, 0.2) is 0 Å². The Morgan fingerprint density at radius 3 is 1.52 bits per heavy atom. The SMILES string of the molecule is CCCCCCCCCCCCCCCCP(C)(=O)OCCC(=O)O.COS(=O)(=O)O. The van der Waals surface area contributed by atoms with Gasteiger partial charge in [-0.25, -0.2) is 0 Å². The van der Waals surface area contributed by atoms with Gasteiger partial charge in [-0.3, -0.25) is 18.1 Å². The Morgan fingerprint density at radius 2 is 1.19 bits per heavy atom. The molecule has 0 aromatic heterocycles. The van der Waals surface area contributed by atoms with E-state index in [4.69, 9.17) is 14.2 Å². The Hall–Kier alpha value is -0.470. The zero-order chi connectivity index (χ0) is 24.0. The third-order valence-corrected chi connectivity index (χ3v) is 7.09. The minimum absolute atomic E-state index is 0.0573. The predicted octanol–water partition coefficient (Wildman–Crippen LogP) is 6.30. The van der Waals surface area contributed by atoms with Gasteiger partial charge in [0.15, 0.2) is 7.37 Å². The fraction of sp³-hybridized carbons (Fsp3) is 0.952. The summed E-state index contributed by atoms with van der Waals surface area (Å²) in [6.07, 6.45) is 18.7. The van der Waals surface area contributed by atoms with Crippen molar-refractivity contribution in [2.75, 3.05) is 26.5 Å². The number of hydrogen-bond acceptors (Lipinski definition) is 6. The van der Waals surface area contributed by atoms with Crippen molar-refractivity contribution in [1.82, 2.24) is 0 Å². The largest absolute Gasteiger partial charge is 0.481 e. The Labute approximate surface area is 189 Å². The Morgan fingerprint density at radius 1 is 0.839 bits per heavy atom. The molecular weight excluding hydrogens is 443 g/mol. The zero-order valence-corrected chi connectivity index (χ0v) is 21.4. The van der Waals surface area contributed by atoms with Gasteiger partial charge in [0.2, 0.25) is 0 Å². The van der Waals surface area contributed by atoms with E-state index in [1.54, 1.807) is 6.66 Å². The maximum atomic E-state index is 12.1. The van der Waals surface area contributed by atoms with E-state index in [1.807, 2.05) is 0 Å². The highest BCUT2D eigenvalue weighted by atomic mass is 32.3. The van der Waals surface area contributed by atoms with Crippen LogP contribution in [0.2, 0.25) is 0 Å². The highest BCUT2D eigenvalue weighted by Crippen LogP contribution is 2.43. The van der Waals surface area contributed by atoms with E-state index in [1.165, 1.54) is 77.0 Å². The molecule has 0 aliphatic heterocycles. The second-order valence-electron chi connectivity index (χ2n) is 7.91. The van der Waals surface area contributed by atoms with Crippen molar-refractivity contribution in [2.45, 2.75) is 103 Å². The molecule has 0 saturated heterocycles. The van der Waals surface area contributed by atoms with E-state index in [-0.39, 0.29) is 13.0 Å². The minimum Gasteiger partial charge on any atom is -0.481 e. The molecule has 0 saturated carbocycles. The van der Waals surface area contributed by atoms with Crippen molar-refractivity contribution >= 4 is 23.7 Å². The van der Waals surface area contributed by atoms with E-state index < -0.39 is 23.7 Å². The standard InChI is InChI=1S/C20H41O4P.CH4O4S/c1-3-4-5-6-7-8-9-10-11-12-13-14-15-16-19-25(2,23)24-18-17-20(21)22;1-5-6(2,3)4/h3-19H2,1-2H3,(H,21,22);1H3,(H,2,3,4). The van der Waals surface area contributed by atoms with Gasteiger partial charge in [0, 0.05) is 12.8 Å². The number of carbonyl (C=O) groups is 1.